The molecule has 8 heavy (non-hydrogen) atoms. The first kappa shape index (κ1) is 8.96. The fraction of sp³-hybridized carbons (Fsp3) is 1.00. The van der Waals surface area contributed by atoms with Crippen molar-refractivity contribution in [3.8, 4) is 0 Å². The van der Waals surface area contributed by atoms with Crippen molar-refractivity contribution in [1.82, 2.24) is 0 Å². The van der Waals surface area contributed by atoms with Crippen LogP contribution in [-0.2, 0) is 9.09 Å². The first-order valence-corrected chi connectivity index (χ1v) is 6.75. The molecule has 5 heteroatoms. The third-order valence-corrected chi connectivity index (χ3v) is 1.84. The Bertz CT molecular complexity index is 101. The van der Waals surface area contributed by atoms with E-state index >= 15 is 0 Å². The maximum Gasteiger partial charge on any atom is 0.353 e. The average Bonchev–Trinajstić information content (AvgIpc) is 1.59. The molecule has 0 aliphatic rings. The SMILES string of the molecule is CCCOP(=O)(Cl)Br. The molecule has 0 aliphatic heterocycles. The zero-order valence-electron chi connectivity index (χ0n) is 4.43. The van der Waals surface area contributed by atoms with Crippen molar-refractivity contribution in [2.24, 2.45) is 0 Å². The molecule has 0 saturated heterocycles. The van der Waals surface area contributed by atoms with Crippen LogP contribution >= 0.6 is 32.2 Å². The van der Waals surface area contributed by atoms with Crippen LogP contribution in [0.2, 0.25) is 0 Å². The second kappa shape index (κ2) is 3.89. The quantitative estimate of drug-likeness (QED) is 0.684. The molecule has 0 aliphatic carbocycles. The van der Waals surface area contributed by atoms with Crippen LogP contribution in [0.15, 0.2) is 0 Å². The minimum atomic E-state index is -2.90. The molecule has 0 bridgehead atoms. The van der Waals surface area contributed by atoms with E-state index in [2.05, 4.69) is 20.0 Å². The van der Waals surface area contributed by atoms with E-state index < -0.39 is 5.42 Å². The van der Waals surface area contributed by atoms with Crippen molar-refractivity contribution in [2.45, 2.75) is 13.3 Å². The molecular weight excluding hydrogens is 214 g/mol. The van der Waals surface area contributed by atoms with Crippen LogP contribution in [0.1, 0.15) is 13.3 Å². The van der Waals surface area contributed by atoms with E-state index in [9.17, 15) is 4.57 Å². The topological polar surface area (TPSA) is 26.3 Å². The van der Waals surface area contributed by atoms with Gasteiger partial charge >= 0.3 is 5.42 Å². The lowest BCUT2D eigenvalue weighted by molar-refractivity contribution is 0.335. The molecule has 0 aromatic carbocycles. The highest BCUT2D eigenvalue weighted by molar-refractivity contribution is 9.42. The fourth-order valence-corrected chi connectivity index (χ4v) is 1.23. The highest BCUT2D eigenvalue weighted by Crippen LogP contribution is 2.59. The average molecular weight is 221 g/mol. The van der Waals surface area contributed by atoms with Gasteiger partial charge in [0.1, 0.15) is 0 Å². The summed E-state index contributed by atoms with van der Waals surface area (Å²) in [6.45, 7) is 2.35. The first-order chi connectivity index (χ1) is 3.56. The van der Waals surface area contributed by atoms with Crippen molar-refractivity contribution >= 4 is 32.2 Å². The van der Waals surface area contributed by atoms with Crippen LogP contribution in [0, 0.1) is 0 Å². The lowest BCUT2D eigenvalue weighted by Gasteiger charge is -1.99. The maximum atomic E-state index is 10.4. The minimum absolute atomic E-state index is 0.437. The summed E-state index contributed by atoms with van der Waals surface area (Å²) in [7, 11) is 0. The smallest absolute Gasteiger partial charge is 0.310 e. The van der Waals surface area contributed by atoms with Crippen LogP contribution < -0.4 is 0 Å². The molecule has 1 atom stereocenters. The number of hydrogen-bond donors (Lipinski definition) is 0. The Labute approximate surface area is 61.5 Å². The van der Waals surface area contributed by atoms with Gasteiger partial charge in [0, 0.05) is 15.5 Å². The van der Waals surface area contributed by atoms with E-state index in [0.29, 0.717) is 6.61 Å². The van der Waals surface area contributed by atoms with Gasteiger partial charge in [0.05, 0.1) is 6.61 Å². The summed E-state index contributed by atoms with van der Waals surface area (Å²) in [6.07, 6.45) is 0.822. The Morgan fingerprint density at radius 3 is 2.50 bits per heavy atom. The van der Waals surface area contributed by atoms with E-state index in [1.165, 1.54) is 0 Å². The second-order valence-electron chi connectivity index (χ2n) is 1.25. The maximum absolute atomic E-state index is 10.4. The zero-order chi connectivity index (χ0) is 6.62. The van der Waals surface area contributed by atoms with Gasteiger partial charge in [-0.1, -0.05) is 6.92 Å². The van der Waals surface area contributed by atoms with E-state index in [0.717, 1.165) is 6.42 Å². The molecule has 0 amide bonds. The number of rotatable bonds is 3. The minimum Gasteiger partial charge on any atom is -0.310 e. The Balaban J connectivity index is 3.26. The number of hydrogen-bond acceptors (Lipinski definition) is 2. The molecule has 1 unspecified atom stereocenters. The van der Waals surface area contributed by atoms with Gasteiger partial charge in [0.25, 0.3) is 0 Å². The Hall–Kier alpha value is 0.960. The van der Waals surface area contributed by atoms with E-state index in [4.69, 9.17) is 11.2 Å². The molecule has 0 saturated carbocycles. The summed E-state index contributed by atoms with van der Waals surface area (Å²) in [5.41, 5.74) is -2.90. The Morgan fingerprint density at radius 1 is 1.88 bits per heavy atom. The summed E-state index contributed by atoms with van der Waals surface area (Å²) in [5.74, 6) is 0. The summed E-state index contributed by atoms with van der Waals surface area (Å²) in [4.78, 5) is 0. The standard InChI is InChI=1S/C3H7BrClO2P/c1-2-3-7-8(4,5)6/h2-3H2,1H3. The molecule has 0 aromatic rings. The van der Waals surface area contributed by atoms with Crippen LogP contribution in [0.5, 0.6) is 0 Å². The van der Waals surface area contributed by atoms with Crippen molar-refractivity contribution < 1.29 is 9.09 Å². The van der Waals surface area contributed by atoms with Gasteiger partial charge in [-0.3, -0.25) is 4.57 Å². The van der Waals surface area contributed by atoms with Crippen molar-refractivity contribution in [3.05, 3.63) is 0 Å². The summed E-state index contributed by atoms with van der Waals surface area (Å²) < 4.78 is 15.0. The largest absolute Gasteiger partial charge is 0.353 e. The lowest BCUT2D eigenvalue weighted by atomic mass is 10.5. The molecule has 0 fully saturated rings. The van der Waals surface area contributed by atoms with Gasteiger partial charge in [-0.15, -0.1) is 0 Å². The third kappa shape index (κ3) is 6.96. The van der Waals surface area contributed by atoms with Gasteiger partial charge in [-0.05, 0) is 17.7 Å². The first-order valence-electron chi connectivity index (χ1n) is 2.20. The van der Waals surface area contributed by atoms with Gasteiger partial charge in [0.2, 0.25) is 0 Å². The molecule has 0 rings (SSSR count). The molecule has 0 heterocycles. The van der Waals surface area contributed by atoms with Gasteiger partial charge in [-0.25, -0.2) is 0 Å². The molecule has 2 nitrogen and oxygen atoms in total. The van der Waals surface area contributed by atoms with E-state index in [1.54, 1.807) is 0 Å². The van der Waals surface area contributed by atoms with Crippen molar-refractivity contribution in [3.63, 3.8) is 0 Å². The molecule has 0 radical (unpaired) electrons. The van der Waals surface area contributed by atoms with Gasteiger partial charge in [-0.2, -0.15) is 0 Å². The summed E-state index contributed by atoms with van der Waals surface area (Å²) in [6, 6.07) is 0. The summed E-state index contributed by atoms with van der Waals surface area (Å²) >= 11 is 7.84. The molecule has 50 valence electrons. The van der Waals surface area contributed by atoms with E-state index in [1.807, 2.05) is 6.92 Å². The van der Waals surface area contributed by atoms with Crippen molar-refractivity contribution in [1.29, 1.82) is 0 Å². The molecule has 0 N–H and O–H groups in total. The molecule has 0 aromatic heterocycles. The lowest BCUT2D eigenvalue weighted by Crippen LogP contribution is -1.80. The van der Waals surface area contributed by atoms with Gasteiger partial charge in [0.15, 0.2) is 0 Å². The zero-order valence-corrected chi connectivity index (χ0v) is 7.67. The monoisotopic (exact) mass is 220 g/mol. The highest BCUT2D eigenvalue weighted by atomic mass is 79.9. The predicted molar refractivity (Wildman–Crippen MR) is 38.6 cm³/mol. The Morgan fingerprint density at radius 2 is 2.38 bits per heavy atom. The number of halogens is 2. The van der Waals surface area contributed by atoms with Gasteiger partial charge < -0.3 is 4.52 Å². The molecule has 0 spiro atoms. The van der Waals surface area contributed by atoms with Crippen LogP contribution in [0.25, 0.3) is 0 Å². The van der Waals surface area contributed by atoms with Crippen LogP contribution in [0.4, 0.5) is 0 Å². The third-order valence-electron chi connectivity index (χ3n) is 0.446. The summed E-state index contributed by atoms with van der Waals surface area (Å²) in [5, 5.41) is 0. The van der Waals surface area contributed by atoms with Crippen LogP contribution in [0.3, 0.4) is 0 Å². The molecular formula is C3H7BrClO2P. The second-order valence-corrected chi connectivity index (χ2v) is 7.70. The fourth-order valence-electron chi connectivity index (χ4n) is 0.198. The Kier molecular flexibility index (Phi) is 4.35. The highest BCUT2D eigenvalue weighted by Gasteiger charge is 2.10. The normalized spacial score (nSPS) is 17.9. The van der Waals surface area contributed by atoms with Crippen molar-refractivity contribution in [2.75, 3.05) is 6.61 Å². The van der Waals surface area contributed by atoms with E-state index in [-0.39, 0.29) is 0 Å². The van der Waals surface area contributed by atoms with Crippen LogP contribution in [-0.4, -0.2) is 6.61 Å². The predicted octanol–water partition coefficient (Wildman–Crippen LogP) is 3.15.